The highest BCUT2D eigenvalue weighted by Gasteiger charge is 2.44. The van der Waals surface area contributed by atoms with Gasteiger partial charge >= 0.3 is 0 Å². The van der Waals surface area contributed by atoms with Gasteiger partial charge in [0, 0.05) is 30.9 Å². The second-order valence-corrected chi connectivity index (χ2v) is 14.1. The summed E-state index contributed by atoms with van der Waals surface area (Å²) in [7, 11) is -7.44. The molecule has 1 unspecified atom stereocenters. The van der Waals surface area contributed by atoms with Crippen LogP contribution in [0.5, 0.6) is 5.75 Å². The van der Waals surface area contributed by atoms with Gasteiger partial charge in [-0.05, 0) is 74.7 Å². The summed E-state index contributed by atoms with van der Waals surface area (Å²) >= 11 is 0. The standard InChI is InChI=1S/C28H36N6O6S2/c29-27-9-8-22(19-32-27)33-21-4-1-7-26(16-21)42(37,38)34-13-10-28(11-14-34)18-23(20-40-28)31-12-3-15-39-24-5-2-6-25(17-24)41(30,35)36/h1-2,4-9,16-17,19,23,31,33H,3,10-15,18,20H2,(H2,29,32)(H2,30,35,36). The number of piperidine rings is 1. The third kappa shape index (κ3) is 7.38. The third-order valence-corrected chi connectivity index (χ3v) is 10.4. The van der Waals surface area contributed by atoms with Crippen LogP contribution in [0.3, 0.4) is 0 Å². The second-order valence-electron chi connectivity index (χ2n) is 10.6. The van der Waals surface area contributed by atoms with Crippen molar-refractivity contribution in [2.45, 2.75) is 47.1 Å². The normalized spacial score (nSPS) is 19.1. The molecule has 0 bridgehead atoms. The van der Waals surface area contributed by atoms with Crippen molar-refractivity contribution in [1.29, 1.82) is 0 Å². The molecule has 0 amide bonds. The lowest BCUT2D eigenvalue weighted by molar-refractivity contribution is -0.0311. The van der Waals surface area contributed by atoms with Crippen LogP contribution in [0.1, 0.15) is 25.7 Å². The molecule has 0 aliphatic carbocycles. The molecule has 3 aromatic rings. The van der Waals surface area contributed by atoms with Crippen molar-refractivity contribution in [2.75, 3.05) is 43.9 Å². The van der Waals surface area contributed by atoms with Crippen LogP contribution in [0.4, 0.5) is 17.2 Å². The van der Waals surface area contributed by atoms with Crippen LogP contribution in [0, 0.1) is 0 Å². The number of nitrogens with zero attached hydrogens (tertiary/aromatic N) is 2. The number of ether oxygens (including phenoxy) is 2. The molecule has 5 rings (SSSR count). The van der Waals surface area contributed by atoms with E-state index in [2.05, 4.69) is 15.6 Å². The Labute approximate surface area is 246 Å². The molecule has 14 heteroatoms. The molecule has 226 valence electrons. The minimum atomic E-state index is -3.78. The fraction of sp³-hybridized carbons (Fsp3) is 0.393. The number of pyridine rings is 1. The van der Waals surface area contributed by atoms with E-state index < -0.39 is 20.0 Å². The summed E-state index contributed by atoms with van der Waals surface area (Å²) in [6.07, 6.45) is 4.38. The number of aromatic nitrogens is 1. The van der Waals surface area contributed by atoms with Crippen LogP contribution in [-0.2, 0) is 24.8 Å². The molecule has 2 saturated heterocycles. The molecule has 1 atom stereocenters. The van der Waals surface area contributed by atoms with Crippen molar-refractivity contribution in [1.82, 2.24) is 14.6 Å². The predicted octanol–water partition coefficient (Wildman–Crippen LogP) is 2.43. The first-order valence-electron chi connectivity index (χ1n) is 13.7. The quantitative estimate of drug-likeness (QED) is 0.234. The number of anilines is 3. The molecule has 6 N–H and O–H groups in total. The van der Waals surface area contributed by atoms with Gasteiger partial charge in [-0.1, -0.05) is 12.1 Å². The molecule has 2 aliphatic rings. The van der Waals surface area contributed by atoms with E-state index in [1.807, 2.05) is 0 Å². The monoisotopic (exact) mass is 616 g/mol. The van der Waals surface area contributed by atoms with Crippen molar-refractivity contribution in [3.8, 4) is 5.75 Å². The van der Waals surface area contributed by atoms with Crippen LogP contribution in [0.2, 0.25) is 0 Å². The van der Waals surface area contributed by atoms with E-state index in [1.54, 1.807) is 54.7 Å². The highest BCUT2D eigenvalue weighted by Crippen LogP contribution is 2.37. The maximum Gasteiger partial charge on any atom is 0.243 e. The molecule has 2 aliphatic heterocycles. The minimum absolute atomic E-state index is 0.0167. The summed E-state index contributed by atoms with van der Waals surface area (Å²) < 4.78 is 63.3. The molecule has 2 aromatic carbocycles. The van der Waals surface area contributed by atoms with Crippen molar-refractivity contribution in [2.24, 2.45) is 5.14 Å². The van der Waals surface area contributed by atoms with Gasteiger partial charge in [0.2, 0.25) is 20.0 Å². The number of primary sulfonamides is 1. The zero-order valence-electron chi connectivity index (χ0n) is 23.1. The Morgan fingerprint density at radius 2 is 1.76 bits per heavy atom. The molecular weight excluding hydrogens is 580 g/mol. The van der Waals surface area contributed by atoms with E-state index >= 15 is 0 Å². The minimum Gasteiger partial charge on any atom is -0.494 e. The van der Waals surface area contributed by atoms with E-state index in [1.165, 1.54) is 16.4 Å². The van der Waals surface area contributed by atoms with Gasteiger partial charge in [0.05, 0.1) is 40.5 Å². The molecule has 1 spiro atoms. The number of rotatable bonds is 11. The highest BCUT2D eigenvalue weighted by molar-refractivity contribution is 7.89. The lowest BCUT2D eigenvalue weighted by atomic mass is 9.88. The van der Waals surface area contributed by atoms with Crippen LogP contribution in [-0.4, -0.2) is 70.6 Å². The number of nitrogens with one attached hydrogen (secondary N) is 2. The Morgan fingerprint density at radius 3 is 2.50 bits per heavy atom. The van der Waals surface area contributed by atoms with Gasteiger partial charge in [0.1, 0.15) is 11.6 Å². The van der Waals surface area contributed by atoms with Gasteiger partial charge in [-0.15, -0.1) is 0 Å². The summed E-state index contributed by atoms with van der Waals surface area (Å²) in [5.74, 6) is 0.861. The Morgan fingerprint density at radius 1 is 1.00 bits per heavy atom. The zero-order chi connectivity index (χ0) is 29.8. The van der Waals surface area contributed by atoms with Crippen LogP contribution < -0.4 is 26.2 Å². The number of hydrogen-bond acceptors (Lipinski definition) is 10. The maximum atomic E-state index is 13.4. The van der Waals surface area contributed by atoms with Crippen LogP contribution >= 0.6 is 0 Å². The predicted molar refractivity (Wildman–Crippen MR) is 159 cm³/mol. The van der Waals surface area contributed by atoms with E-state index in [0.717, 1.165) is 12.8 Å². The fourth-order valence-electron chi connectivity index (χ4n) is 5.30. The van der Waals surface area contributed by atoms with Crippen LogP contribution in [0.25, 0.3) is 0 Å². The van der Waals surface area contributed by atoms with Gasteiger partial charge in [0.25, 0.3) is 0 Å². The second kappa shape index (κ2) is 12.5. The van der Waals surface area contributed by atoms with Gasteiger partial charge in [-0.3, -0.25) is 0 Å². The van der Waals surface area contributed by atoms with E-state index in [0.29, 0.717) is 68.6 Å². The molecular formula is C28H36N6O6S2. The van der Waals surface area contributed by atoms with Crippen LogP contribution in [0.15, 0.2) is 76.7 Å². The maximum absolute atomic E-state index is 13.4. The molecule has 42 heavy (non-hydrogen) atoms. The Bertz CT molecular complexity index is 1590. The van der Waals surface area contributed by atoms with Crippen molar-refractivity contribution < 1.29 is 26.3 Å². The first kappa shape index (κ1) is 30.2. The topological polar surface area (TPSA) is 179 Å². The zero-order valence-corrected chi connectivity index (χ0v) is 24.7. The lowest BCUT2D eigenvalue weighted by Crippen LogP contribution is -2.46. The largest absolute Gasteiger partial charge is 0.494 e. The van der Waals surface area contributed by atoms with Gasteiger partial charge in [-0.2, -0.15) is 4.31 Å². The molecule has 2 fully saturated rings. The number of nitrogen functional groups attached to an aromatic ring is 1. The summed E-state index contributed by atoms with van der Waals surface area (Å²) in [4.78, 5) is 4.30. The summed E-state index contributed by atoms with van der Waals surface area (Å²) in [6.45, 7) is 2.47. The van der Waals surface area contributed by atoms with Crippen molar-refractivity contribution in [3.05, 3.63) is 66.9 Å². The summed E-state index contributed by atoms with van der Waals surface area (Å²) in [5.41, 5.74) is 6.66. The number of hydrogen-bond donors (Lipinski definition) is 4. The Hall–Kier alpha value is -3.27. The van der Waals surface area contributed by atoms with Crippen molar-refractivity contribution >= 4 is 37.2 Å². The smallest absolute Gasteiger partial charge is 0.243 e. The van der Waals surface area contributed by atoms with E-state index in [-0.39, 0.29) is 21.4 Å². The molecule has 0 saturated carbocycles. The van der Waals surface area contributed by atoms with Crippen molar-refractivity contribution in [3.63, 3.8) is 0 Å². The molecule has 1 aromatic heterocycles. The highest BCUT2D eigenvalue weighted by atomic mass is 32.2. The number of benzene rings is 2. The first-order valence-corrected chi connectivity index (χ1v) is 16.7. The average molecular weight is 617 g/mol. The summed E-state index contributed by atoms with van der Waals surface area (Å²) in [5, 5.41) is 11.8. The Balaban J connectivity index is 1.07. The van der Waals surface area contributed by atoms with Gasteiger partial charge < -0.3 is 25.8 Å². The number of nitrogens with two attached hydrogens (primary N) is 2. The third-order valence-electron chi connectivity index (χ3n) is 7.55. The van der Waals surface area contributed by atoms with Gasteiger partial charge in [0.15, 0.2) is 0 Å². The van der Waals surface area contributed by atoms with E-state index in [9.17, 15) is 16.8 Å². The molecule has 0 radical (unpaired) electrons. The summed E-state index contributed by atoms with van der Waals surface area (Å²) in [6, 6.07) is 16.5. The molecule has 3 heterocycles. The average Bonchev–Trinajstić information content (AvgIpc) is 3.36. The lowest BCUT2D eigenvalue weighted by Gasteiger charge is -2.38. The SMILES string of the molecule is Nc1ccc(Nc2cccc(S(=O)(=O)N3CCC4(CC3)CC(NCCCOc3cccc(S(N)(=O)=O)c3)CO4)c2)cn1. The van der Waals surface area contributed by atoms with Gasteiger partial charge in [-0.25, -0.2) is 27.0 Å². The fourth-order valence-corrected chi connectivity index (χ4v) is 7.33. The van der Waals surface area contributed by atoms with E-state index in [4.69, 9.17) is 20.3 Å². The Kier molecular flexibility index (Phi) is 9.01. The number of sulfonamides is 2. The first-order chi connectivity index (χ1) is 20.0. The molecule has 12 nitrogen and oxygen atoms in total.